The molecule has 6 heteroatoms. The highest BCUT2D eigenvalue weighted by Crippen LogP contribution is 2.11. The first kappa shape index (κ1) is 14.0. The average molecular weight is 233 g/mol. The van der Waals surface area contributed by atoms with Crippen molar-refractivity contribution in [1.82, 2.24) is 5.32 Å². The molecule has 0 radical (unpaired) electrons. The van der Waals surface area contributed by atoms with Gasteiger partial charge in [0.05, 0.1) is 0 Å². The fraction of sp³-hybridized carbons (Fsp3) is 0.667. The van der Waals surface area contributed by atoms with Crippen molar-refractivity contribution in [2.24, 2.45) is 5.92 Å². The summed E-state index contributed by atoms with van der Waals surface area (Å²) in [4.78, 5) is 32.6. The second kappa shape index (κ2) is 7.28. The van der Waals surface area contributed by atoms with Gasteiger partial charge in [-0.25, -0.2) is 0 Å². The van der Waals surface area contributed by atoms with Crippen LogP contribution in [0, 0.1) is 5.92 Å². The highest BCUT2D eigenvalue weighted by molar-refractivity contribution is 8.13. The van der Waals surface area contributed by atoms with Crippen molar-refractivity contribution in [3.05, 3.63) is 0 Å². The average Bonchev–Trinajstić information content (AvgIpc) is 2.14. The van der Waals surface area contributed by atoms with Gasteiger partial charge >= 0.3 is 5.97 Å². The molecule has 1 unspecified atom stereocenters. The lowest BCUT2D eigenvalue weighted by Crippen LogP contribution is -2.34. The first-order chi connectivity index (χ1) is 6.97. The van der Waals surface area contributed by atoms with E-state index in [1.165, 1.54) is 11.8 Å². The molecule has 0 aromatic heterocycles. The number of aliphatic carboxylic acids is 1. The molecule has 0 spiro atoms. The molecule has 0 aromatic carbocycles. The number of carbonyl (C=O) groups excluding carboxylic acids is 2. The molecule has 86 valence electrons. The van der Waals surface area contributed by atoms with Crippen LogP contribution in [0.5, 0.6) is 0 Å². The Hall–Kier alpha value is -1.04. The van der Waals surface area contributed by atoms with E-state index in [0.29, 0.717) is 5.75 Å². The van der Waals surface area contributed by atoms with E-state index in [9.17, 15) is 14.4 Å². The molecule has 1 amide bonds. The van der Waals surface area contributed by atoms with Gasteiger partial charge in [-0.15, -0.1) is 0 Å². The SMILES string of the molecule is CCSC(=O)CC(C)C(=O)NCC(=O)O. The molecular formula is C9H15NO4S. The summed E-state index contributed by atoms with van der Waals surface area (Å²) in [7, 11) is 0. The zero-order valence-electron chi connectivity index (χ0n) is 8.78. The summed E-state index contributed by atoms with van der Waals surface area (Å²) in [5.41, 5.74) is 0. The van der Waals surface area contributed by atoms with Crippen LogP contribution in [0.4, 0.5) is 0 Å². The van der Waals surface area contributed by atoms with Gasteiger partial charge in [-0.1, -0.05) is 25.6 Å². The molecule has 0 aliphatic carbocycles. The molecule has 5 nitrogen and oxygen atoms in total. The van der Waals surface area contributed by atoms with Gasteiger partial charge in [0, 0.05) is 12.3 Å². The van der Waals surface area contributed by atoms with Gasteiger partial charge in [0.25, 0.3) is 0 Å². The van der Waals surface area contributed by atoms with Gasteiger partial charge < -0.3 is 10.4 Å². The monoisotopic (exact) mass is 233 g/mol. The van der Waals surface area contributed by atoms with Crippen molar-refractivity contribution in [2.45, 2.75) is 20.3 Å². The van der Waals surface area contributed by atoms with Crippen LogP contribution in [-0.4, -0.2) is 34.4 Å². The van der Waals surface area contributed by atoms with E-state index in [0.717, 1.165) is 0 Å². The van der Waals surface area contributed by atoms with Crippen molar-refractivity contribution >= 4 is 28.8 Å². The molecule has 0 aliphatic heterocycles. The zero-order valence-corrected chi connectivity index (χ0v) is 9.60. The van der Waals surface area contributed by atoms with Crippen LogP contribution in [0.15, 0.2) is 0 Å². The van der Waals surface area contributed by atoms with Crippen molar-refractivity contribution in [1.29, 1.82) is 0 Å². The lowest BCUT2D eigenvalue weighted by Gasteiger charge is -2.09. The highest BCUT2D eigenvalue weighted by atomic mass is 32.2. The first-order valence-electron chi connectivity index (χ1n) is 4.62. The number of rotatable bonds is 6. The topological polar surface area (TPSA) is 83.5 Å². The van der Waals surface area contributed by atoms with Gasteiger partial charge in [0.2, 0.25) is 5.91 Å². The van der Waals surface area contributed by atoms with E-state index in [-0.39, 0.29) is 11.5 Å². The van der Waals surface area contributed by atoms with Gasteiger partial charge in [0.1, 0.15) is 6.54 Å². The van der Waals surface area contributed by atoms with E-state index in [1.807, 2.05) is 6.92 Å². The highest BCUT2D eigenvalue weighted by Gasteiger charge is 2.17. The fourth-order valence-electron chi connectivity index (χ4n) is 0.900. The molecule has 0 bridgehead atoms. The minimum Gasteiger partial charge on any atom is -0.480 e. The van der Waals surface area contributed by atoms with Crippen LogP contribution in [0.3, 0.4) is 0 Å². The number of nitrogens with one attached hydrogen (secondary N) is 1. The van der Waals surface area contributed by atoms with Gasteiger partial charge in [-0.2, -0.15) is 0 Å². The maximum Gasteiger partial charge on any atom is 0.322 e. The van der Waals surface area contributed by atoms with Crippen molar-refractivity contribution in [2.75, 3.05) is 12.3 Å². The standard InChI is InChI=1S/C9H15NO4S/c1-3-15-8(13)4-6(2)9(14)10-5-7(11)12/h6H,3-5H2,1-2H3,(H,10,14)(H,11,12). The molecule has 15 heavy (non-hydrogen) atoms. The Morgan fingerprint density at radius 2 is 2.00 bits per heavy atom. The fourth-order valence-corrected chi connectivity index (χ4v) is 1.59. The number of amides is 1. The molecule has 0 fully saturated rings. The van der Waals surface area contributed by atoms with E-state index in [4.69, 9.17) is 5.11 Å². The Morgan fingerprint density at radius 3 is 2.47 bits per heavy atom. The van der Waals surface area contributed by atoms with Crippen LogP contribution in [0.25, 0.3) is 0 Å². The smallest absolute Gasteiger partial charge is 0.322 e. The van der Waals surface area contributed by atoms with Gasteiger partial charge in [-0.05, 0) is 5.75 Å². The normalized spacial score (nSPS) is 11.9. The third kappa shape index (κ3) is 6.96. The van der Waals surface area contributed by atoms with E-state index in [1.54, 1.807) is 6.92 Å². The number of carboxylic acids is 1. The molecule has 1 atom stereocenters. The van der Waals surface area contributed by atoms with Crippen molar-refractivity contribution < 1.29 is 19.5 Å². The maximum atomic E-state index is 11.3. The summed E-state index contributed by atoms with van der Waals surface area (Å²) in [6.07, 6.45) is 0.143. The van der Waals surface area contributed by atoms with Gasteiger partial charge in [-0.3, -0.25) is 14.4 Å². The van der Waals surface area contributed by atoms with E-state index < -0.39 is 24.3 Å². The number of carbonyl (C=O) groups is 3. The molecular weight excluding hydrogens is 218 g/mol. The minimum atomic E-state index is -1.09. The maximum absolute atomic E-state index is 11.3. The van der Waals surface area contributed by atoms with Crippen LogP contribution in [-0.2, 0) is 14.4 Å². The zero-order chi connectivity index (χ0) is 11.8. The van der Waals surface area contributed by atoms with Crippen LogP contribution in [0.2, 0.25) is 0 Å². The summed E-state index contributed by atoms with van der Waals surface area (Å²) in [6, 6.07) is 0. The van der Waals surface area contributed by atoms with Crippen LogP contribution in [0.1, 0.15) is 20.3 Å². The van der Waals surface area contributed by atoms with Gasteiger partial charge in [0.15, 0.2) is 5.12 Å². The minimum absolute atomic E-state index is 0.0459. The Kier molecular flexibility index (Phi) is 6.77. The summed E-state index contributed by atoms with van der Waals surface area (Å²) in [5.74, 6) is -1.29. The number of thioether (sulfide) groups is 1. The Balaban J connectivity index is 3.88. The number of carboxylic acid groups (broad SMARTS) is 1. The molecule has 0 rings (SSSR count). The molecule has 0 heterocycles. The predicted molar refractivity (Wildman–Crippen MR) is 57.6 cm³/mol. The molecule has 0 aromatic rings. The van der Waals surface area contributed by atoms with Crippen molar-refractivity contribution in [3.8, 4) is 0 Å². The Bertz CT molecular complexity index is 254. The van der Waals surface area contributed by atoms with Crippen molar-refractivity contribution in [3.63, 3.8) is 0 Å². The third-order valence-electron chi connectivity index (χ3n) is 1.64. The lowest BCUT2D eigenvalue weighted by molar-refractivity contribution is -0.138. The molecule has 2 N–H and O–H groups in total. The second-order valence-corrected chi connectivity index (χ2v) is 4.34. The lowest BCUT2D eigenvalue weighted by atomic mass is 10.1. The summed E-state index contributed by atoms with van der Waals surface area (Å²) < 4.78 is 0. The van der Waals surface area contributed by atoms with Crippen LogP contribution >= 0.6 is 11.8 Å². The predicted octanol–water partition coefficient (Wildman–Crippen LogP) is 0.493. The Morgan fingerprint density at radius 1 is 1.40 bits per heavy atom. The summed E-state index contributed by atoms with van der Waals surface area (Å²) in [5, 5.41) is 10.5. The third-order valence-corrected chi connectivity index (χ3v) is 2.42. The Labute approximate surface area is 92.6 Å². The largest absolute Gasteiger partial charge is 0.480 e. The number of hydrogen-bond donors (Lipinski definition) is 2. The molecule has 0 aliphatic rings. The quantitative estimate of drug-likeness (QED) is 0.697. The summed E-state index contributed by atoms with van der Waals surface area (Å²) in [6.45, 7) is 3.06. The molecule has 0 saturated carbocycles. The summed E-state index contributed by atoms with van der Waals surface area (Å²) >= 11 is 1.17. The molecule has 0 saturated heterocycles. The second-order valence-electron chi connectivity index (χ2n) is 3.02. The van der Waals surface area contributed by atoms with Crippen LogP contribution < -0.4 is 5.32 Å². The van der Waals surface area contributed by atoms with E-state index >= 15 is 0 Å². The first-order valence-corrected chi connectivity index (χ1v) is 5.61. The van der Waals surface area contributed by atoms with E-state index in [2.05, 4.69) is 5.32 Å². The number of hydrogen-bond acceptors (Lipinski definition) is 4.